The van der Waals surface area contributed by atoms with E-state index in [0.717, 1.165) is 5.69 Å². The van der Waals surface area contributed by atoms with Crippen molar-refractivity contribution in [3.63, 3.8) is 0 Å². The van der Waals surface area contributed by atoms with E-state index < -0.39 is 9.84 Å². The largest absolute Gasteiger partial charge is 0.398 e. The maximum atomic E-state index is 12.4. The Labute approximate surface area is 112 Å². The number of aromatic nitrogens is 1. The molecule has 0 aliphatic carbocycles. The average molecular weight is 283 g/mol. The standard InChI is InChI=1S/C12H17N3O3S/c1-8-5-11(13)10(6-14-8)12(16)15-3-4-19(17,18)7-9(15)2/h5-6,9H,3-4,7H2,1-2H3,(H2,13,14). The molecular weight excluding hydrogens is 266 g/mol. The van der Waals surface area contributed by atoms with Crippen molar-refractivity contribution in [2.45, 2.75) is 19.9 Å². The summed E-state index contributed by atoms with van der Waals surface area (Å²) in [6, 6.07) is 1.30. The summed E-state index contributed by atoms with van der Waals surface area (Å²) >= 11 is 0. The zero-order valence-electron chi connectivity index (χ0n) is 11.0. The molecule has 0 radical (unpaired) electrons. The Morgan fingerprint density at radius 1 is 1.53 bits per heavy atom. The fourth-order valence-electron chi connectivity index (χ4n) is 2.21. The molecule has 1 atom stereocenters. The Morgan fingerprint density at radius 2 is 2.21 bits per heavy atom. The number of nitrogen functional groups attached to an aromatic ring is 1. The van der Waals surface area contributed by atoms with Crippen LogP contribution in [0.2, 0.25) is 0 Å². The smallest absolute Gasteiger partial charge is 0.257 e. The molecule has 1 aromatic heterocycles. The van der Waals surface area contributed by atoms with Crippen molar-refractivity contribution < 1.29 is 13.2 Å². The molecule has 1 aliphatic rings. The fourth-order valence-corrected chi connectivity index (χ4v) is 3.77. The maximum absolute atomic E-state index is 12.4. The van der Waals surface area contributed by atoms with Crippen molar-refractivity contribution in [2.24, 2.45) is 0 Å². The molecule has 0 saturated carbocycles. The highest BCUT2D eigenvalue weighted by molar-refractivity contribution is 7.91. The van der Waals surface area contributed by atoms with Gasteiger partial charge < -0.3 is 10.6 Å². The van der Waals surface area contributed by atoms with Gasteiger partial charge >= 0.3 is 0 Å². The molecule has 0 spiro atoms. The molecule has 104 valence electrons. The third-order valence-electron chi connectivity index (χ3n) is 3.23. The minimum Gasteiger partial charge on any atom is -0.398 e. The number of hydrogen-bond acceptors (Lipinski definition) is 5. The van der Waals surface area contributed by atoms with Crippen LogP contribution in [-0.2, 0) is 9.84 Å². The summed E-state index contributed by atoms with van der Waals surface area (Å²) in [6.45, 7) is 3.72. The number of carbonyl (C=O) groups is 1. The Hall–Kier alpha value is -1.63. The molecule has 6 nitrogen and oxygen atoms in total. The number of carbonyl (C=O) groups excluding carboxylic acids is 1. The van der Waals surface area contributed by atoms with Crippen LogP contribution in [0.3, 0.4) is 0 Å². The van der Waals surface area contributed by atoms with Gasteiger partial charge in [0.05, 0.1) is 17.1 Å². The summed E-state index contributed by atoms with van der Waals surface area (Å²) in [5, 5.41) is 0. The number of sulfone groups is 1. The molecule has 19 heavy (non-hydrogen) atoms. The Morgan fingerprint density at radius 3 is 2.79 bits per heavy atom. The van der Waals surface area contributed by atoms with Crippen LogP contribution in [0.1, 0.15) is 23.0 Å². The molecule has 0 aromatic carbocycles. The second kappa shape index (κ2) is 4.80. The highest BCUT2D eigenvalue weighted by Gasteiger charge is 2.32. The van der Waals surface area contributed by atoms with E-state index >= 15 is 0 Å². The first-order chi connectivity index (χ1) is 8.80. The van der Waals surface area contributed by atoms with Gasteiger partial charge in [0.15, 0.2) is 9.84 Å². The number of rotatable bonds is 1. The molecule has 0 bridgehead atoms. The molecule has 7 heteroatoms. The minimum absolute atomic E-state index is 0.00205. The number of amides is 1. The van der Waals surface area contributed by atoms with Gasteiger partial charge in [0.2, 0.25) is 0 Å². The van der Waals surface area contributed by atoms with E-state index in [9.17, 15) is 13.2 Å². The molecule has 1 aromatic rings. The van der Waals surface area contributed by atoms with Gasteiger partial charge in [-0.25, -0.2) is 8.42 Å². The van der Waals surface area contributed by atoms with Crippen molar-refractivity contribution >= 4 is 21.4 Å². The van der Waals surface area contributed by atoms with Crippen molar-refractivity contribution in [1.29, 1.82) is 0 Å². The maximum Gasteiger partial charge on any atom is 0.257 e. The first-order valence-corrected chi connectivity index (χ1v) is 7.86. The average Bonchev–Trinajstić information content (AvgIpc) is 2.26. The van der Waals surface area contributed by atoms with Crippen LogP contribution in [0.15, 0.2) is 12.3 Å². The predicted octanol–water partition coefficient (Wildman–Crippen LogP) is 0.231. The van der Waals surface area contributed by atoms with Crippen molar-refractivity contribution in [3.05, 3.63) is 23.5 Å². The number of aryl methyl sites for hydroxylation is 1. The van der Waals surface area contributed by atoms with Crippen molar-refractivity contribution in [1.82, 2.24) is 9.88 Å². The lowest BCUT2D eigenvalue weighted by Gasteiger charge is -2.33. The van der Waals surface area contributed by atoms with Crippen LogP contribution in [0, 0.1) is 6.92 Å². The van der Waals surface area contributed by atoms with Crippen LogP contribution >= 0.6 is 0 Å². The minimum atomic E-state index is -3.04. The highest BCUT2D eigenvalue weighted by Crippen LogP contribution is 2.19. The van der Waals surface area contributed by atoms with Gasteiger partial charge in [-0.15, -0.1) is 0 Å². The van der Waals surface area contributed by atoms with Gasteiger partial charge in [-0.1, -0.05) is 0 Å². The summed E-state index contributed by atoms with van der Waals surface area (Å²) in [5.41, 5.74) is 7.26. The molecule has 1 unspecified atom stereocenters. The van der Waals surface area contributed by atoms with E-state index in [1.807, 2.05) is 0 Å². The number of nitrogens with two attached hydrogens (primary N) is 1. The molecule has 1 aliphatic heterocycles. The normalized spacial score (nSPS) is 22.2. The van der Waals surface area contributed by atoms with Crippen molar-refractivity contribution in [2.75, 3.05) is 23.8 Å². The van der Waals surface area contributed by atoms with Crippen molar-refractivity contribution in [3.8, 4) is 0 Å². The molecule has 1 saturated heterocycles. The Balaban J connectivity index is 2.25. The SMILES string of the molecule is Cc1cc(N)c(C(=O)N2CCS(=O)(=O)CC2C)cn1. The topological polar surface area (TPSA) is 93.4 Å². The second-order valence-corrected chi connectivity index (χ2v) is 7.10. The van der Waals surface area contributed by atoms with Crippen LogP contribution in [0.4, 0.5) is 5.69 Å². The van der Waals surface area contributed by atoms with Gasteiger partial charge in [-0.3, -0.25) is 9.78 Å². The molecule has 1 amide bonds. The van der Waals surface area contributed by atoms with E-state index in [0.29, 0.717) is 11.3 Å². The van der Waals surface area contributed by atoms with Gasteiger partial charge in [-0.2, -0.15) is 0 Å². The first kappa shape index (κ1) is 13.8. The van der Waals surface area contributed by atoms with Gasteiger partial charge in [0, 0.05) is 30.2 Å². The highest BCUT2D eigenvalue weighted by atomic mass is 32.2. The molecule has 1 fully saturated rings. The van der Waals surface area contributed by atoms with Crippen LogP contribution in [0.5, 0.6) is 0 Å². The first-order valence-electron chi connectivity index (χ1n) is 6.03. The third kappa shape index (κ3) is 2.86. The molecular formula is C12H17N3O3S. The third-order valence-corrected chi connectivity index (χ3v) is 5.03. The zero-order valence-corrected chi connectivity index (χ0v) is 11.8. The van der Waals surface area contributed by atoms with E-state index in [4.69, 9.17) is 5.73 Å². The lowest BCUT2D eigenvalue weighted by Crippen LogP contribution is -2.49. The van der Waals surface area contributed by atoms with Gasteiger partial charge in [-0.05, 0) is 19.9 Å². The monoisotopic (exact) mass is 283 g/mol. The van der Waals surface area contributed by atoms with E-state index in [-0.39, 0.29) is 30.0 Å². The predicted molar refractivity (Wildman–Crippen MR) is 72.5 cm³/mol. The quantitative estimate of drug-likeness (QED) is 0.796. The molecule has 2 heterocycles. The summed E-state index contributed by atoms with van der Waals surface area (Å²) in [4.78, 5) is 18.0. The van der Waals surface area contributed by atoms with Crippen LogP contribution < -0.4 is 5.73 Å². The zero-order chi connectivity index (χ0) is 14.2. The number of nitrogens with zero attached hydrogens (tertiary/aromatic N) is 2. The molecule has 2 rings (SSSR count). The summed E-state index contributed by atoms with van der Waals surface area (Å²) in [7, 11) is -3.04. The van der Waals surface area contributed by atoms with E-state index in [1.54, 1.807) is 24.8 Å². The van der Waals surface area contributed by atoms with E-state index in [1.165, 1.54) is 6.20 Å². The summed E-state index contributed by atoms with van der Waals surface area (Å²) in [6.07, 6.45) is 1.45. The fraction of sp³-hybridized carbons (Fsp3) is 0.500. The lowest BCUT2D eigenvalue weighted by atomic mass is 10.1. The number of anilines is 1. The van der Waals surface area contributed by atoms with Crippen LogP contribution in [-0.4, -0.2) is 48.3 Å². The van der Waals surface area contributed by atoms with Gasteiger partial charge in [0.25, 0.3) is 5.91 Å². The van der Waals surface area contributed by atoms with Crippen LogP contribution in [0.25, 0.3) is 0 Å². The van der Waals surface area contributed by atoms with E-state index in [2.05, 4.69) is 4.98 Å². The Bertz CT molecular complexity index is 613. The lowest BCUT2D eigenvalue weighted by molar-refractivity contribution is 0.0713. The summed E-state index contributed by atoms with van der Waals surface area (Å²) in [5.74, 6) is -0.257. The molecule has 2 N–H and O–H groups in total. The Kier molecular flexibility index (Phi) is 3.49. The van der Waals surface area contributed by atoms with Gasteiger partial charge in [0.1, 0.15) is 0 Å². The summed E-state index contributed by atoms with van der Waals surface area (Å²) < 4.78 is 23.0. The number of pyridine rings is 1. The number of hydrogen-bond donors (Lipinski definition) is 1. The second-order valence-electron chi connectivity index (χ2n) is 4.87.